The molecule has 2 atom stereocenters. The number of carbonyl (C=O) groups excluding carboxylic acids is 1. The van der Waals surface area contributed by atoms with Gasteiger partial charge in [-0.05, 0) is 31.0 Å². The first kappa shape index (κ1) is 15.5. The van der Waals surface area contributed by atoms with Gasteiger partial charge in [-0.3, -0.25) is 4.79 Å². The Labute approximate surface area is 118 Å². The van der Waals surface area contributed by atoms with Crippen LogP contribution in [0.15, 0.2) is 24.3 Å². The van der Waals surface area contributed by atoms with Gasteiger partial charge in [-0.2, -0.15) is 0 Å². The number of benzene rings is 1. The zero-order valence-electron chi connectivity index (χ0n) is 11.3. The van der Waals surface area contributed by atoms with Crippen LogP contribution in [0.25, 0.3) is 0 Å². The standard InChI is InChI=1S/C14H18ClNO3/c1-9(7-11-5-4-6-12(15)8-11)13(17)16(3)10(2)14(18)19/h4-6,8-10H,7H2,1-3H3,(H,18,19). The van der Waals surface area contributed by atoms with Crippen molar-refractivity contribution in [3.63, 3.8) is 0 Å². The van der Waals surface area contributed by atoms with Gasteiger partial charge in [0.05, 0.1) is 0 Å². The zero-order valence-corrected chi connectivity index (χ0v) is 12.0. The summed E-state index contributed by atoms with van der Waals surface area (Å²) < 4.78 is 0. The maximum Gasteiger partial charge on any atom is 0.326 e. The number of carboxylic acids is 1. The average molecular weight is 284 g/mol. The van der Waals surface area contributed by atoms with Crippen LogP contribution >= 0.6 is 11.6 Å². The number of rotatable bonds is 5. The highest BCUT2D eigenvalue weighted by Gasteiger charge is 2.25. The molecule has 5 heteroatoms. The Balaban J connectivity index is 2.70. The Bertz CT molecular complexity index is 476. The van der Waals surface area contributed by atoms with E-state index in [0.29, 0.717) is 11.4 Å². The number of aliphatic carboxylic acids is 1. The van der Waals surface area contributed by atoms with Gasteiger partial charge in [-0.25, -0.2) is 4.79 Å². The van der Waals surface area contributed by atoms with Gasteiger partial charge in [-0.15, -0.1) is 0 Å². The summed E-state index contributed by atoms with van der Waals surface area (Å²) in [6.45, 7) is 3.28. The van der Waals surface area contributed by atoms with Gasteiger partial charge in [0.2, 0.25) is 5.91 Å². The van der Waals surface area contributed by atoms with Crippen molar-refractivity contribution in [3.05, 3.63) is 34.9 Å². The number of carboxylic acid groups (broad SMARTS) is 1. The molecule has 1 rings (SSSR count). The van der Waals surface area contributed by atoms with Gasteiger partial charge < -0.3 is 10.0 Å². The molecule has 0 aliphatic heterocycles. The molecule has 1 amide bonds. The third-order valence-corrected chi connectivity index (χ3v) is 3.37. The predicted octanol–water partition coefficient (Wildman–Crippen LogP) is 2.45. The Hall–Kier alpha value is -1.55. The van der Waals surface area contributed by atoms with Gasteiger partial charge in [-0.1, -0.05) is 30.7 Å². The molecule has 2 unspecified atom stereocenters. The third-order valence-electron chi connectivity index (χ3n) is 3.14. The number of nitrogens with zero attached hydrogens (tertiary/aromatic N) is 1. The van der Waals surface area contributed by atoms with Crippen LogP contribution < -0.4 is 0 Å². The fraction of sp³-hybridized carbons (Fsp3) is 0.429. The van der Waals surface area contributed by atoms with Crippen LogP contribution in [0.4, 0.5) is 0 Å². The van der Waals surface area contributed by atoms with E-state index < -0.39 is 12.0 Å². The first-order valence-electron chi connectivity index (χ1n) is 6.07. The average Bonchev–Trinajstić information content (AvgIpc) is 2.35. The van der Waals surface area contributed by atoms with Crippen molar-refractivity contribution in [3.8, 4) is 0 Å². The highest BCUT2D eigenvalue weighted by atomic mass is 35.5. The van der Waals surface area contributed by atoms with Crippen molar-refractivity contribution in [1.82, 2.24) is 4.90 Å². The van der Waals surface area contributed by atoms with E-state index in [2.05, 4.69) is 0 Å². The summed E-state index contributed by atoms with van der Waals surface area (Å²) in [4.78, 5) is 24.2. The number of hydrogen-bond acceptors (Lipinski definition) is 2. The second kappa shape index (κ2) is 6.57. The number of hydrogen-bond donors (Lipinski definition) is 1. The largest absolute Gasteiger partial charge is 0.480 e. The quantitative estimate of drug-likeness (QED) is 0.903. The van der Waals surface area contributed by atoms with E-state index >= 15 is 0 Å². The van der Waals surface area contributed by atoms with Crippen molar-refractivity contribution in [1.29, 1.82) is 0 Å². The van der Waals surface area contributed by atoms with E-state index in [1.54, 1.807) is 13.0 Å². The minimum Gasteiger partial charge on any atom is -0.480 e. The second-order valence-electron chi connectivity index (χ2n) is 4.70. The molecule has 104 valence electrons. The topological polar surface area (TPSA) is 57.6 Å². The molecule has 1 aromatic rings. The Morgan fingerprint density at radius 2 is 2.00 bits per heavy atom. The zero-order chi connectivity index (χ0) is 14.6. The number of likely N-dealkylation sites (N-methyl/N-ethyl adjacent to an activating group) is 1. The fourth-order valence-corrected chi connectivity index (χ4v) is 2.02. The third kappa shape index (κ3) is 4.24. The van der Waals surface area contributed by atoms with Crippen LogP contribution in [0.3, 0.4) is 0 Å². The summed E-state index contributed by atoms with van der Waals surface area (Å²) in [7, 11) is 1.51. The highest BCUT2D eigenvalue weighted by molar-refractivity contribution is 6.30. The fourth-order valence-electron chi connectivity index (χ4n) is 1.81. The maximum atomic E-state index is 12.1. The van der Waals surface area contributed by atoms with Crippen molar-refractivity contribution in [2.24, 2.45) is 5.92 Å². The molecular formula is C14H18ClNO3. The molecule has 0 radical (unpaired) electrons. The maximum absolute atomic E-state index is 12.1. The van der Waals surface area contributed by atoms with Crippen molar-refractivity contribution in [2.45, 2.75) is 26.3 Å². The van der Waals surface area contributed by atoms with Crippen LogP contribution in [-0.2, 0) is 16.0 Å². The number of carbonyl (C=O) groups is 2. The SMILES string of the molecule is CC(Cc1cccc(Cl)c1)C(=O)N(C)C(C)C(=O)O. The molecule has 19 heavy (non-hydrogen) atoms. The van der Waals surface area contributed by atoms with Crippen molar-refractivity contribution in [2.75, 3.05) is 7.05 Å². The van der Waals surface area contributed by atoms with E-state index in [1.165, 1.54) is 18.9 Å². The monoisotopic (exact) mass is 283 g/mol. The van der Waals surface area contributed by atoms with Crippen LogP contribution in [0.5, 0.6) is 0 Å². The lowest BCUT2D eigenvalue weighted by Crippen LogP contribution is -2.43. The van der Waals surface area contributed by atoms with Crippen LogP contribution in [0, 0.1) is 5.92 Å². The molecule has 0 fully saturated rings. The second-order valence-corrected chi connectivity index (χ2v) is 5.13. The Kier molecular flexibility index (Phi) is 5.36. The molecule has 0 heterocycles. The summed E-state index contributed by atoms with van der Waals surface area (Å²) >= 11 is 5.89. The molecule has 1 aromatic carbocycles. The lowest BCUT2D eigenvalue weighted by atomic mass is 9.99. The Morgan fingerprint density at radius 3 is 2.53 bits per heavy atom. The summed E-state index contributed by atoms with van der Waals surface area (Å²) in [5, 5.41) is 9.53. The van der Waals surface area contributed by atoms with Crippen LogP contribution in [0.2, 0.25) is 5.02 Å². The molecule has 0 spiro atoms. The smallest absolute Gasteiger partial charge is 0.326 e. The lowest BCUT2D eigenvalue weighted by Gasteiger charge is -2.25. The van der Waals surface area contributed by atoms with Gasteiger partial charge in [0, 0.05) is 18.0 Å². The molecule has 0 bridgehead atoms. The van der Waals surface area contributed by atoms with Gasteiger partial charge in [0.15, 0.2) is 0 Å². The molecular weight excluding hydrogens is 266 g/mol. The van der Waals surface area contributed by atoms with Crippen molar-refractivity contribution < 1.29 is 14.7 Å². The molecule has 0 saturated carbocycles. The van der Waals surface area contributed by atoms with Gasteiger partial charge in [0.1, 0.15) is 6.04 Å². The minimum absolute atomic E-state index is 0.185. The Morgan fingerprint density at radius 1 is 1.37 bits per heavy atom. The highest BCUT2D eigenvalue weighted by Crippen LogP contribution is 2.16. The normalized spacial score (nSPS) is 13.7. The molecule has 4 nitrogen and oxygen atoms in total. The van der Waals surface area contributed by atoms with Gasteiger partial charge >= 0.3 is 5.97 Å². The summed E-state index contributed by atoms with van der Waals surface area (Å²) in [6.07, 6.45) is 0.538. The molecule has 0 saturated heterocycles. The first-order chi connectivity index (χ1) is 8.82. The molecule has 1 N–H and O–H groups in total. The summed E-state index contributed by atoms with van der Waals surface area (Å²) in [5.41, 5.74) is 0.963. The van der Waals surface area contributed by atoms with E-state index in [0.717, 1.165) is 5.56 Å². The predicted molar refractivity (Wildman–Crippen MR) is 74.2 cm³/mol. The molecule has 0 aromatic heterocycles. The number of amides is 1. The molecule has 0 aliphatic rings. The lowest BCUT2D eigenvalue weighted by molar-refractivity contribution is -0.149. The number of halogens is 1. The van der Waals surface area contributed by atoms with E-state index in [-0.39, 0.29) is 11.8 Å². The first-order valence-corrected chi connectivity index (χ1v) is 6.44. The van der Waals surface area contributed by atoms with Crippen LogP contribution in [-0.4, -0.2) is 35.0 Å². The summed E-state index contributed by atoms with van der Waals surface area (Å²) in [6, 6.07) is 6.49. The van der Waals surface area contributed by atoms with E-state index in [1.807, 2.05) is 18.2 Å². The van der Waals surface area contributed by atoms with Gasteiger partial charge in [0.25, 0.3) is 0 Å². The minimum atomic E-state index is -1.01. The molecule has 0 aliphatic carbocycles. The van der Waals surface area contributed by atoms with E-state index in [4.69, 9.17) is 16.7 Å². The van der Waals surface area contributed by atoms with Crippen molar-refractivity contribution >= 4 is 23.5 Å². The van der Waals surface area contributed by atoms with Crippen LogP contribution in [0.1, 0.15) is 19.4 Å². The van der Waals surface area contributed by atoms with E-state index in [9.17, 15) is 9.59 Å². The summed E-state index contributed by atoms with van der Waals surface area (Å²) in [5.74, 6) is -1.48.